The van der Waals surface area contributed by atoms with Gasteiger partial charge >= 0.3 is 0 Å². The van der Waals surface area contributed by atoms with Crippen molar-refractivity contribution < 1.29 is 0 Å². The summed E-state index contributed by atoms with van der Waals surface area (Å²) in [6.45, 7) is 0. The van der Waals surface area contributed by atoms with Crippen LogP contribution in [0.3, 0.4) is 0 Å². The maximum atomic E-state index is 5.25. The Morgan fingerprint density at radius 1 is 0.533 bits per heavy atom. The van der Waals surface area contributed by atoms with Gasteiger partial charge in [-0.15, -0.1) is 11.3 Å². The van der Waals surface area contributed by atoms with E-state index in [1.54, 1.807) is 0 Å². The van der Waals surface area contributed by atoms with Crippen molar-refractivity contribution in [3.05, 3.63) is 174 Å². The van der Waals surface area contributed by atoms with Gasteiger partial charge in [-0.05, 0) is 56.4 Å². The highest BCUT2D eigenvalue weighted by Crippen LogP contribution is 2.44. The van der Waals surface area contributed by atoms with Crippen molar-refractivity contribution in [3.63, 3.8) is 0 Å². The van der Waals surface area contributed by atoms with Crippen LogP contribution in [0.2, 0.25) is 0 Å². The Bertz CT molecular complexity index is 2450. The van der Waals surface area contributed by atoms with Gasteiger partial charge in [0.05, 0.1) is 11.7 Å². The van der Waals surface area contributed by atoms with Gasteiger partial charge in [0.25, 0.3) is 0 Å². The molecule has 7 aromatic carbocycles. The van der Waals surface area contributed by atoms with Crippen LogP contribution in [0.4, 0.5) is 0 Å². The number of hydrogen-bond donors (Lipinski definition) is 1. The van der Waals surface area contributed by atoms with Crippen molar-refractivity contribution in [2.75, 3.05) is 0 Å². The molecule has 9 rings (SSSR count). The van der Waals surface area contributed by atoms with Crippen molar-refractivity contribution >= 4 is 64.6 Å². The summed E-state index contributed by atoms with van der Waals surface area (Å²) < 4.78 is 2.58. The average molecular weight is 593 g/mol. The molecule has 3 heteroatoms. The highest BCUT2D eigenvalue weighted by molar-refractivity contribution is 7.26. The van der Waals surface area contributed by atoms with E-state index in [4.69, 9.17) is 4.99 Å². The number of nitrogens with one attached hydrogen (secondary N) is 1. The van der Waals surface area contributed by atoms with Crippen LogP contribution in [0.1, 0.15) is 22.7 Å². The molecule has 0 fully saturated rings. The normalized spacial score (nSPS) is 14.9. The van der Waals surface area contributed by atoms with Crippen LogP contribution in [-0.2, 0) is 0 Å². The molecule has 0 saturated carbocycles. The zero-order valence-electron chi connectivity index (χ0n) is 24.4. The Balaban J connectivity index is 1.22. The van der Waals surface area contributed by atoms with Crippen molar-refractivity contribution in [2.24, 2.45) is 4.99 Å². The lowest BCUT2D eigenvalue weighted by atomic mass is 9.95. The topological polar surface area (TPSA) is 24.4 Å². The van der Waals surface area contributed by atoms with Crippen molar-refractivity contribution in [3.8, 4) is 11.1 Å². The minimum atomic E-state index is 0.0123. The third-order valence-electron chi connectivity index (χ3n) is 8.91. The first kappa shape index (κ1) is 25.9. The number of nitrogens with zero attached hydrogens (tertiary/aromatic N) is 1. The Labute approximate surface area is 265 Å². The summed E-state index contributed by atoms with van der Waals surface area (Å²) in [4.78, 5) is 5.25. The summed E-state index contributed by atoms with van der Waals surface area (Å²) in [6.07, 6.45) is 2.28. The third kappa shape index (κ3) is 4.44. The SMILES string of the molecule is C1=C(c2cccc3sc4c(-c5ccc6c(ccc7ccccc76)c5)cccc4c23)N=C(c2ccccc2)NC1c1ccccc1. The second-order valence-corrected chi connectivity index (χ2v) is 12.6. The number of rotatable bonds is 4. The van der Waals surface area contributed by atoms with Gasteiger partial charge in [-0.2, -0.15) is 0 Å². The van der Waals surface area contributed by atoms with E-state index >= 15 is 0 Å². The van der Waals surface area contributed by atoms with Crippen molar-refractivity contribution in [1.82, 2.24) is 5.32 Å². The standard InChI is InChI=1S/C42H28N2S/c1-3-12-28(13-4-1)37-26-38(44-42(43-37)29-14-5-2-6-15-29)35-18-10-20-39-40(35)36-19-9-17-34(41(36)45-39)31-23-24-33-30(25-31)22-21-27-11-7-8-16-32(27)33/h1-26,37H,(H,43,44). The number of benzene rings is 7. The minimum absolute atomic E-state index is 0.0123. The molecule has 0 radical (unpaired) electrons. The molecular formula is C42H28N2S. The lowest BCUT2D eigenvalue weighted by molar-refractivity contribution is 0.781. The van der Waals surface area contributed by atoms with Gasteiger partial charge in [0.1, 0.15) is 5.84 Å². The lowest BCUT2D eigenvalue weighted by Gasteiger charge is -2.24. The maximum Gasteiger partial charge on any atom is 0.134 e. The molecule has 212 valence electrons. The molecule has 1 aliphatic rings. The van der Waals surface area contributed by atoms with Crippen LogP contribution < -0.4 is 5.32 Å². The minimum Gasteiger partial charge on any atom is -0.359 e. The van der Waals surface area contributed by atoms with Crippen molar-refractivity contribution in [1.29, 1.82) is 0 Å². The first-order valence-corrected chi connectivity index (χ1v) is 16.2. The number of amidine groups is 1. The predicted octanol–water partition coefficient (Wildman–Crippen LogP) is 11.2. The maximum absolute atomic E-state index is 5.25. The Morgan fingerprint density at radius 2 is 1.24 bits per heavy atom. The van der Waals surface area contributed by atoms with Gasteiger partial charge in [-0.25, -0.2) is 4.99 Å². The Kier molecular flexibility index (Phi) is 6.10. The predicted molar refractivity (Wildman–Crippen MR) is 193 cm³/mol. The molecule has 1 atom stereocenters. The molecule has 2 nitrogen and oxygen atoms in total. The van der Waals surface area contributed by atoms with E-state index in [1.165, 1.54) is 58.4 Å². The second-order valence-electron chi connectivity index (χ2n) is 11.6. The largest absolute Gasteiger partial charge is 0.359 e. The van der Waals surface area contributed by atoms with Crippen LogP contribution in [-0.4, -0.2) is 5.84 Å². The lowest BCUT2D eigenvalue weighted by Crippen LogP contribution is -2.31. The molecule has 8 aromatic rings. The fraction of sp³-hybridized carbons (Fsp3) is 0.0238. The molecule has 1 aromatic heterocycles. The molecule has 1 aliphatic heterocycles. The number of hydrogen-bond acceptors (Lipinski definition) is 3. The summed E-state index contributed by atoms with van der Waals surface area (Å²) in [5, 5.41) is 11.4. The first-order valence-electron chi connectivity index (χ1n) is 15.3. The molecule has 0 amide bonds. The highest BCUT2D eigenvalue weighted by atomic mass is 32.1. The molecule has 0 spiro atoms. The van der Waals surface area contributed by atoms with Crippen LogP contribution in [0, 0.1) is 0 Å². The molecule has 1 N–H and O–H groups in total. The smallest absolute Gasteiger partial charge is 0.134 e. The summed E-state index contributed by atoms with van der Waals surface area (Å²) in [7, 11) is 0. The summed E-state index contributed by atoms with van der Waals surface area (Å²) >= 11 is 1.87. The molecule has 45 heavy (non-hydrogen) atoms. The number of aliphatic imine (C=N–C) groups is 1. The van der Waals surface area contributed by atoms with Gasteiger partial charge in [0, 0.05) is 31.3 Å². The molecule has 0 saturated heterocycles. The van der Waals surface area contributed by atoms with Gasteiger partial charge < -0.3 is 5.32 Å². The van der Waals surface area contributed by atoms with Gasteiger partial charge in [-0.1, -0.05) is 140 Å². The van der Waals surface area contributed by atoms with Gasteiger partial charge in [0.2, 0.25) is 0 Å². The van der Waals surface area contributed by atoms with E-state index < -0.39 is 0 Å². The van der Waals surface area contributed by atoms with Crippen molar-refractivity contribution in [2.45, 2.75) is 6.04 Å². The average Bonchev–Trinajstić information content (AvgIpc) is 3.51. The fourth-order valence-corrected chi connectivity index (χ4v) is 8.00. The second kappa shape index (κ2) is 10.6. The van der Waals surface area contributed by atoms with Gasteiger partial charge in [-0.3, -0.25) is 0 Å². The molecular weight excluding hydrogens is 565 g/mol. The van der Waals surface area contributed by atoms with E-state index in [1.807, 2.05) is 17.4 Å². The molecule has 1 unspecified atom stereocenters. The zero-order valence-corrected chi connectivity index (χ0v) is 25.3. The Hall–Kier alpha value is -5.51. The monoisotopic (exact) mass is 592 g/mol. The van der Waals surface area contributed by atoms with Crippen LogP contribution in [0.15, 0.2) is 163 Å². The van der Waals surface area contributed by atoms with E-state index in [2.05, 4.69) is 157 Å². The zero-order chi connectivity index (χ0) is 29.7. The van der Waals surface area contributed by atoms with Crippen LogP contribution >= 0.6 is 11.3 Å². The molecule has 0 bridgehead atoms. The highest BCUT2D eigenvalue weighted by Gasteiger charge is 2.22. The first-order chi connectivity index (χ1) is 22.3. The molecule has 2 heterocycles. The van der Waals surface area contributed by atoms with Crippen LogP contribution in [0.25, 0.3) is 58.5 Å². The fourth-order valence-electron chi connectivity index (χ4n) is 6.74. The number of fused-ring (bicyclic) bond motifs is 6. The van der Waals surface area contributed by atoms with E-state index in [9.17, 15) is 0 Å². The summed E-state index contributed by atoms with van der Waals surface area (Å²) in [5.74, 6) is 0.892. The summed E-state index contributed by atoms with van der Waals surface area (Å²) in [6, 6.07) is 54.5. The van der Waals surface area contributed by atoms with E-state index in [-0.39, 0.29) is 6.04 Å². The van der Waals surface area contributed by atoms with Gasteiger partial charge in [0.15, 0.2) is 0 Å². The Morgan fingerprint density at radius 3 is 2.13 bits per heavy atom. The third-order valence-corrected chi connectivity index (χ3v) is 10.1. The molecule has 0 aliphatic carbocycles. The van der Waals surface area contributed by atoms with E-state index in [0.29, 0.717) is 0 Å². The summed E-state index contributed by atoms with van der Waals surface area (Å²) in [5.41, 5.74) is 6.96. The number of thiophene rings is 1. The van der Waals surface area contributed by atoms with E-state index in [0.717, 1.165) is 22.7 Å². The van der Waals surface area contributed by atoms with Crippen LogP contribution in [0.5, 0.6) is 0 Å². The quantitative estimate of drug-likeness (QED) is 0.202.